The first-order valence-corrected chi connectivity index (χ1v) is 17.9. The number of likely N-dealkylation sites (N-methyl/N-ethyl adjacent to an activating group) is 1. The van der Waals surface area contributed by atoms with Crippen molar-refractivity contribution in [3.8, 4) is 6.01 Å². The lowest BCUT2D eigenvalue weighted by atomic mass is 10.0. The lowest BCUT2D eigenvalue weighted by molar-refractivity contribution is 0.130. The van der Waals surface area contributed by atoms with Crippen LogP contribution in [0.4, 0.5) is 10.6 Å². The van der Waals surface area contributed by atoms with Gasteiger partial charge in [0.2, 0.25) is 0 Å². The third-order valence-electron chi connectivity index (χ3n) is 8.88. The van der Waals surface area contributed by atoms with Gasteiger partial charge in [-0.25, -0.2) is 4.79 Å². The number of piperazine rings is 1. The van der Waals surface area contributed by atoms with Gasteiger partial charge in [0.25, 0.3) is 8.32 Å². The van der Waals surface area contributed by atoms with Gasteiger partial charge in [-0.2, -0.15) is 9.97 Å². The van der Waals surface area contributed by atoms with Crippen LogP contribution >= 0.6 is 0 Å². The van der Waals surface area contributed by atoms with Gasteiger partial charge in [-0.3, -0.25) is 0 Å². The maximum atomic E-state index is 12.2. The Labute approximate surface area is 268 Å². The van der Waals surface area contributed by atoms with Crippen LogP contribution in [0.15, 0.2) is 60.7 Å². The number of benzene rings is 2. The van der Waals surface area contributed by atoms with E-state index >= 15 is 0 Å². The van der Waals surface area contributed by atoms with E-state index in [1.807, 2.05) is 26.2 Å². The number of rotatable bonds is 11. The molecule has 2 aliphatic rings. The zero-order chi connectivity index (χ0) is 32.0. The minimum absolute atomic E-state index is 0.114. The number of anilines is 1. The van der Waals surface area contributed by atoms with Gasteiger partial charge in [0.05, 0.1) is 11.7 Å². The molecule has 1 saturated heterocycles. The van der Waals surface area contributed by atoms with E-state index in [2.05, 4.69) is 84.4 Å². The van der Waals surface area contributed by atoms with Crippen molar-refractivity contribution in [2.45, 2.75) is 51.2 Å². The zero-order valence-electron chi connectivity index (χ0n) is 27.3. The maximum Gasteiger partial charge on any atom is 0.407 e. The molecule has 0 bridgehead atoms. The van der Waals surface area contributed by atoms with Crippen LogP contribution in [0.1, 0.15) is 38.4 Å². The van der Waals surface area contributed by atoms with Crippen molar-refractivity contribution >= 4 is 30.6 Å². The van der Waals surface area contributed by atoms with Crippen molar-refractivity contribution in [1.29, 1.82) is 0 Å². The lowest BCUT2D eigenvalue weighted by Crippen LogP contribution is -2.67. The van der Waals surface area contributed by atoms with Gasteiger partial charge in [0, 0.05) is 44.9 Å². The van der Waals surface area contributed by atoms with Gasteiger partial charge < -0.3 is 34.3 Å². The van der Waals surface area contributed by atoms with Crippen LogP contribution in [0.5, 0.6) is 6.01 Å². The number of amides is 1. The largest absolute Gasteiger partial charge is 0.465 e. The fourth-order valence-electron chi connectivity index (χ4n) is 6.60. The molecule has 0 aliphatic carbocycles. The van der Waals surface area contributed by atoms with Gasteiger partial charge >= 0.3 is 12.1 Å². The Hall–Kier alpha value is -3.51. The lowest BCUT2D eigenvalue weighted by Gasteiger charge is -2.45. The Kier molecular flexibility index (Phi) is 10.4. The predicted octanol–water partition coefficient (Wildman–Crippen LogP) is 3.20. The Morgan fingerprint density at radius 1 is 1.02 bits per heavy atom. The molecule has 1 amide bonds. The molecule has 10 nitrogen and oxygen atoms in total. The molecule has 1 aromatic heterocycles. The number of hydrogen-bond acceptors (Lipinski definition) is 8. The first-order chi connectivity index (χ1) is 21.6. The van der Waals surface area contributed by atoms with Gasteiger partial charge in [-0.05, 0) is 48.9 Å². The molecule has 0 spiro atoms. The van der Waals surface area contributed by atoms with E-state index in [1.165, 1.54) is 15.3 Å². The summed E-state index contributed by atoms with van der Waals surface area (Å²) in [6.07, 6.45) is 0.573. The highest BCUT2D eigenvalue weighted by Gasteiger charge is 2.50. The fraction of sp³-hybridized carbons (Fsp3) is 0.500. The number of carbonyl (C=O) groups is 1. The van der Waals surface area contributed by atoms with Crippen molar-refractivity contribution in [2.24, 2.45) is 0 Å². The van der Waals surface area contributed by atoms with Gasteiger partial charge in [0.1, 0.15) is 12.4 Å². The van der Waals surface area contributed by atoms with E-state index in [0.29, 0.717) is 51.8 Å². The molecule has 11 heteroatoms. The summed E-state index contributed by atoms with van der Waals surface area (Å²) in [7, 11) is 1.28. The number of fused-ring (bicyclic) bond motifs is 1. The van der Waals surface area contributed by atoms with Crippen LogP contribution in [0.2, 0.25) is 5.04 Å². The number of hydrogen-bond donors (Lipinski definition) is 2. The second-order valence-corrected chi connectivity index (χ2v) is 17.5. The van der Waals surface area contributed by atoms with Crippen molar-refractivity contribution in [3.63, 3.8) is 0 Å². The average Bonchev–Trinajstić information content (AvgIpc) is 3.03. The number of nitrogens with one attached hydrogen (secondary N) is 1. The first kappa shape index (κ1) is 32.9. The van der Waals surface area contributed by atoms with E-state index < -0.39 is 14.4 Å². The number of aromatic nitrogens is 2. The molecule has 1 atom stereocenters. The summed E-state index contributed by atoms with van der Waals surface area (Å²) in [6, 6.07) is 21.5. The maximum absolute atomic E-state index is 12.2. The van der Waals surface area contributed by atoms with E-state index in [4.69, 9.17) is 19.1 Å². The van der Waals surface area contributed by atoms with Crippen LogP contribution in [0.25, 0.3) is 0 Å². The normalized spacial score (nSPS) is 17.3. The molecule has 1 unspecified atom stereocenters. The molecule has 3 aromatic rings. The average molecular weight is 633 g/mol. The molecule has 3 heterocycles. The van der Waals surface area contributed by atoms with Crippen LogP contribution in [0.3, 0.4) is 0 Å². The molecule has 1 fully saturated rings. The minimum Gasteiger partial charge on any atom is -0.465 e. The van der Waals surface area contributed by atoms with E-state index in [-0.39, 0.29) is 11.1 Å². The Balaban J connectivity index is 1.47. The molecular weight excluding hydrogens is 584 g/mol. The SMILES string of the molecule is CN(C)CCOc1nc2c(c(N3CCN(C(=O)O)CC3CCO[Si](c3ccccc3)(c3ccccc3)C(C)(C)C)n1)CCNC2. The second-order valence-electron chi connectivity index (χ2n) is 13.2. The zero-order valence-corrected chi connectivity index (χ0v) is 28.3. The quantitative estimate of drug-likeness (QED) is 0.309. The molecule has 2 aliphatic heterocycles. The third kappa shape index (κ3) is 7.32. The Morgan fingerprint density at radius 3 is 2.29 bits per heavy atom. The Bertz CT molecular complexity index is 1380. The van der Waals surface area contributed by atoms with Crippen molar-refractivity contribution in [2.75, 3.05) is 64.9 Å². The highest BCUT2D eigenvalue weighted by Crippen LogP contribution is 2.37. The number of nitrogens with zero attached hydrogens (tertiary/aromatic N) is 5. The molecule has 0 saturated carbocycles. The summed E-state index contributed by atoms with van der Waals surface area (Å²) in [5.74, 6) is 0.863. The molecule has 5 rings (SSSR count). The van der Waals surface area contributed by atoms with Gasteiger partial charge in [-0.15, -0.1) is 0 Å². The van der Waals surface area contributed by atoms with E-state index in [0.717, 1.165) is 36.6 Å². The summed E-state index contributed by atoms with van der Waals surface area (Å²) >= 11 is 0. The van der Waals surface area contributed by atoms with Crippen molar-refractivity contribution in [3.05, 3.63) is 71.9 Å². The minimum atomic E-state index is -2.74. The molecule has 45 heavy (non-hydrogen) atoms. The molecular formula is C34H48N6O4Si. The summed E-state index contributed by atoms with van der Waals surface area (Å²) in [4.78, 5) is 27.8. The summed E-state index contributed by atoms with van der Waals surface area (Å²) in [6.45, 7) is 11.4. The molecule has 2 aromatic carbocycles. The van der Waals surface area contributed by atoms with Gasteiger partial charge in [-0.1, -0.05) is 81.4 Å². The van der Waals surface area contributed by atoms with Crippen LogP contribution in [-0.2, 0) is 17.4 Å². The summed E-state index contributed by atoms with van der Waals surface area (Å²) in [5.41, 5.74) is 2.07. The number of ether oxygens (including phenoxy) is 1. The highest BCUT2D eigenvalue weighted by atomic mass is 28.4. The molecule has 2 N–H and O–H groups in total. The smallest absolute Gasteiger partial charge is 0.407 e. The fourth-order valence-corrected chi connectivity index (χ4v) is 11.2. The van der Waals surface area contributed by atoms with Crippen molar-refractivity contribution < 1.29 is 19.1 Å². The summed E-state index contributed by atoms with van der Waals surface area (Å²) in [5, 5.41) is 15.7. The standard InChI is InChI=1S/C34H48N6O4Si/c1-34(2,3)45(27-12-8-6-9-13-27,28-14-10-7-11-15-28)44-22-17-26-25-39(33(41)42)19-20-40(26)31-29-16-18-35-24-30(29)36-32(37-31)43-23-21-38(4)5/h6-15,26,35H,16-25H2,1-5H3,(H,41,42). The van der Waals surface area contributed by atoms with E-state index in [9.17, 15) is 9.90 Å². The Morgan fingerprint density at radius 2 is 1.69 bits per heavy atom. The first-order valence-electron chi connectivity index (χ1n) is 16.0. The van der Waals surface area contributed by atoms with Crippen LogP contribution in [0, 0.1) is 0 Å². The van der Waals surface area contributed by atoms with Crippen molar-refractivity contribution in [1.82, 2.24) is 25.1 Å². The van der Waals surface area contributed by atoms with Crippen LogP contribution < -0.4 is 25.3 Å². The van der Waals surface area contributed by atoms with E-state index in [1.54, 1.807) is 0 Å². The number of carboxylic acid groups (broad SMARTS) is 1. The highest BCUT2D eigenvalue weighted by molar-refractivity contribution is 6.99. The van der Waals surface area contributed by atoms with Crippen LogP contribution in [-0.4, -0.2) is 105 Å². The molecule has 0 radical (unpaired) electrons. The topological polar surface area (TPSA) is 103 Å². The van der Waals surface area contributed by atoms with Gasteiger partial charge in [0.15, 0.2) is 0 Å². The summed E-state index contributed by atoms with van der Waals surface area (Å²) < 4.78 is 13.3. The monoisotopic (exact) mass is 632 g/mol. The molecule has 242 valence electrons. The third-order valence-corrected chi connectivity index (χ3v) is 13.9. The predicted molar refractivity (Wildman–Crippen MR) is 180 cm³/mol. The second kappa shape index (κ2) is 14.3.